The summed E-state index contributed by atoms with van der Waals surface area (Å²) in [6.07, 6.45) is 2.11. The summed E-state index contributed by atoms with van der Waals surface area (Å²) < 4.78 is 21.2. The largest absolute Gasteiger partial charge is 0.481 e. The molecular formula is C26H21Br2FN4O4. The molecule has 190 valence electrons. The van der Waals surface area contributed by atoms with Crippen molar-refractivity contribution in [2.75, 3.05) is 0 Å². The normalized spacial score (nSPS) is 12.2. The molecule has 8 nitrogen and oxygen atoms in total. The van der Waals surface area contributed by atoms with Crippen LogP contribution in [0.3, 0.4) is 0 Å². The van der Waals surface area contributed by atoms with Gasteiger partial charge in [0, 0.05) is 22.0 Å². The highest BCUT2D eigenvalue weighted by Gasteiger charge is 2.21. The van der Waals surface area contributed by atoms with E-state index in [9.17, 15) is 19.3 Å². The predicted molar refractivity (Wildman–Crippen MR) is 147 cm³/mol. The van der Waals surface area contributed by atoms with Gasteiger partial charge in [-0.25, -0.2) is 9.37 Å². The van der Waals surface area contributed by atoms with Crippen LogP contribution < -0.4 is 10.3 Å². The highest BCUT2D eigenvalue weighted by atomic mass is 79.9. The Hall–Kier alpha value is -3.44. The monoisotopic (exact) mass is 630 g/mol. The van der Waals surface area contributed by atoms with Gasteiger partial charge in [0.2, 0.25) is 5.75 Å². The highest BCUT2D eigenvalue weighted by Crippen LogP contribution is 2.36. The Kier molecular flexibility index (Phi) is 8.13. The zero-order valence-corrected chi connectivity index (χ0v) is 23.0. The van der Waals surface area contributed by atoms with Gasteiger partial charge in [-0.1, -0.05) is 41.9 Å². The van der Waals surface area contributed by atoms with Crippen molar-refractivity contribution in [1.29, 1.82) is 0 Å². The SMILES string of the molecule is CC[C@@H](C)c1nc2ccc(Br)cc2c(=O)n1N=Cc1cc(Br)c(OCc2ccc(F)cc2)c([N+](=O)[O-])c1. The standard InChI is InChI=1S/C26H21Br2FN4O4/c1-3-15(2)25-31-22-9-6-18(27)12-20(22)26(34)32(25)30-13-17-10-21(28)24(23(11-17)33(35)36)37-14-16-4-7-19(29)8-5-16/h4-13,15H,3,14H2,1-2H3/t15-/m1/s1. The van der Waals surface area contributed by atoms with Crippen LogP contribution in [0, 0.1) is 15.9 Å². The Bertz CT molecular complexity index is 1570. The third kappa shape index (κ3) is 5.94. The number of fused-ring (bicyclic) bond motifs is 1. The van der Waals surface area contributed by atoms with Crippen LogP contribution >= 0.6 is 31.9 Å². The van der Waals surface area contributed by atoms with Crippen molar-refractivity contribution >= 4 is 54.7 Å². The average molecular weight is 632 g/mol. The van der Waals surface area contributed by atoms with E-state index in [-0.39, 0.29) is 35.3 Å². The first kappa shape index (κ1) is 26.6. The Morgan fingerprint density at radius 2 is 1.92 bits per heavy atom. The number of nitro benzene ring substituents is 1. The second-order valence-electron chi connectivity index (χ2n) is 8.33. The quantitative estimate of drug-likeness (QED) is 0.119. The molecule has 0 unspecified atom stereocenters. The summed E-state index contributed by atoms with van der Waals surface area (Å²) in [6, 6.07) is 13.9. The topological polar surface area (TPSA) is 99.6 Å². The van der Waals surface area contributed by atoms with Gasteiger partial charge >= 0.3 is 5.69 Å². The second kappa shape index (κ2) is 11.3. The average Bonchev–Trinajstić information content (AvgIpc) is 2.87. The Balaban J connectivity index is 1.73. The van der Waals surface area contributed by atoms with Crippen molar-refractivity contribution in [3.8, 4) is 5.75 Å². The fourth-order valence-electron chi connectivity index (χ4n) is 3.59. The van der Waals surface area contributed by atoms with E-state index in [1.54, 1.807) is 30.3 Å². The maximum absolute atomic E-state index is 13.3. The maximum atomic E-state index is 13.3. The lowest BCUT2D eigenvalue weighted by Gasteiger charge is -2.14. The molecule has 1 aromatic heterocycles. The van der Waals surface area contributed by atoms with E-state index in [1.165, 1.54) is 29.1 Å². The van der Waals surface area contributed by atoms with Crippen molar-refractivity contribution in [2.24, 2.45) is 5.10 Å². The lowest BCUT2D eigenvalue weighted by Crippen LogP contribution is -2.23. The molecule has 1 heterocycles. The molecule has 0 bridgehead atoms. The molecule has 0 N–H and O–H groups in total. The number of hydrogen-bond donors (Lipinski definition) is 0. The fraction of sp³-hybridized carbons (Fsp3) is 0.192. The number of ether oxygens (including phenoxy) is 1. The Labute approximate surface area is 228 Å². The third-order valence-electron chi connectivity index (χ3n) is 5.75. The third-order valence-corrected chi connectivity index (χ3v) is 6.83. The van der Waals surface area contributed by atoms with Crippen LogP contribution in [0.4, 0.5) is 10.1 Å². The first-order valence-electron chi connectivity index (χ1n) is 11.3. The fourth-order valence-corrected chi connectivity index (χ4v) is 4.53. The van der Waals surface area contributed by atoms with Crippen LogP contribution in [-0.2, 0) is 6.61 Å². The van der Waals surface area contributed by atoms with Gasteiger partial charge in [0.25, 0.3) is 5.56 Å². The molecule has 0 aliphatic rings. The van der Waals surface area contributed by atoms with E-state index in [0.717, 1.165) is 10.9 Å². The van der Waals surface area contributed by atoms with Crippen molar-refractivity contribution in [1.82, 2.24) is 9.66 Å². The molecule has 0 aliphatic heterocycles. The van der Waals surface area contributed by atoms with Gasteiger partial charge in [0.1, 0.15) is 18.2 Å². The molecule has 4 aromatic rings. The van der Waals surface area contributed by atoms with Gasteiger partial charge in [0.15, 0.2) is 0 Å². The van der Waals surface area contributed by atoms with Crippen LogP contribution in [0.15, 0.2) is 73.4 Å². The summed E-state index contributed by atoms with van der Waals surface area (Å²) in [5.74, 6) is 0.0816. The molecule has 0 saturated heterocycles. The Morgan fingerprint density at radius 1 is 1.19 bits per heavy atom. The maximum Gasteiger partial charge on any atom is 0.312 e. The molecule has 0 aliphatic carbocycles. The zero-order chi connectivity index (χ0) is 26.7. The van der Waals surface area contributed by atoms with Crippen LogP contribution in [0.2, 0.25) is 0 Å². The predicted octanol–water partition coefficient (Wildman–Crippen LogP) is 6.94. The van der Waals surface area contributed by atoms with Crippen molar-refractivity contribution in [3.63, 3.8) is 0 Å². The molecular weight excluding hydrogens is 611 g/mol. The lowest BCUT2D eigenvalue weighted by molar-refractivity contribution is -0.386. The number of nitrogens with zero attached hydrogens (tertiary/aromatic N) is 4. The van der Waals surface area contributed by atoms with E-state index in [1.807, 2.05) is 19.9 Å². The van der Waals surface area contributed by atoms with Crippen molar-refractivity contribution in [2.45, 2.75) is 32.8 Å². The highest BCUT2D eigenvalue weighted by molar-refractivity contribution is 9.10. The minimum atomic E-state index is -0.562. The van der Waals surface area contributed by atoms with Crippen molar-refractivity contribution < 1.29 is 14.1 Å². The van der Waals surface area contributed by atoms with Crippen molar-refractivity contribution in [3.05, 3.63) is 107 Å². The zero-order valence-electron chi connectivity index (χ0n) is 19.8. The molecule has 0 saturated carbocycles. The van der Waals surface area contributed by atoms with Gasteiger partial charge in [-0.2, -0.15) is 9.78 Å². The molecule has 0 fully saturated rings. The van der Waals surface area contributed by atoms with E-state index >= 15 is 0 Å². The lowest BCUT2D eigenvalue weighted by atomic mass is 10.1. The molecule has 3 aromatic carbocycles. The van der Waals surface area contributed by atoms with E-state index < -0.39 is 4.92 Å². The number of halogens is 3. The van der Waals surface area contributed by atoms with Crippen LogP contribution in [0.5, 0.6) is 5.75 Å². The first-order valence-corrected chi connectivity index (χ1v) is 12.9. The van der Waals surface area contributed by atoms with Gasteiger partial charge in [-0.05, 0) is 64.3 Å². The molecule has 11 heteroatoms. The molecule has 4 rings (SSSR count). The van der Waals surface area contributed by atoms with Gasteiger partial charge in [0.05, 0.1) is 26.5 Å². The number of rotatable bonds is 8. The summed E-state index contributed by atoms with van der Waals surface area (Å²) in [5, 5.41) is 16.6. The minimum Gasteiger partial charge on any atom is -0.481 e. The van der Waals surface area contributed by atoms with Gasteiger partial charge in [-0.15, -0.1) is 0 Å². The summed E-state index contributed by atoms with van der Waals surface area (Å²) in [5.41, 5.74) is 0.972. The van der Waals surface area contributed by atoms with Crippen LogP contribution in [0.25, 0.3) is 10.9 Å². The number of benzene rings is 3. The molecule has 1 atom stereocenters. The summed E-state index contributed by atoms with van der Waals surface area (Å²) in [6.45, 7) is 3.95. The number of nitro groups is 1. The summed E-state index contributed by atoms with van der Waals surface area (Å²) >= 11 is 6.73. The smallest absolute Gasteiger partial charge is 0.312 e. The van der Waals surface area contributed by atoms with E-state index in [2.05, 4.69) is 41.9 Å². The minimum absolute atomic E-state index is 0.0130. The molecule has 0 radical (unpaired) electrons. The van der Waals surface area contributed by atoms with Gasteiger partial charge < -0.3 is 4.74 Å². The van der Waals surface area contributed by atoms with Crippen LogP contribution in [-0.4, -0.2) is 20.8 Å². The van der Waals surface area contributed by atoms with E-state index in [0.29, 0.717) is 32.3 Å². The summed E-state index contributed by atoms with van der Waals surface area (Å²) in [7, 11) is 0. The van der Waals surface area contributed by atoms with Crippen LogP contribution in [0.1, 0.15) is 43.1 Å². The number of hydrogen-bond acceptors (Lipinski definition) is 6. The number of aromatic nitrogens is 2. The first-order chi connectivity index (χ1) is 17.7. The second-order valence-corrected chi connectivity index (χ2v) is 10.1. The molecule has 0 spiro atoms. The summed E-state index contributed by atoms with van der Waals surface area (Å²) in [4.78, 5) is 29.2. The molecule has 0 amide bonds. The Morgan fingerprint density at radius 3 is 2.59 bits per heavy atom. The van der Waals surface area contributed by atoms with Gasteiger partial charge in [-0.3, -0.25) is 14.9 Å². The van der Waals surface area contributed by atoms with E-state index in [4.69, 9.17) is 4.74 Å². The molecule has 37 heavy (non-hydrogen) atoms.